The molecule has 0 amide bonds. The van der Waals surface area contributed by atoms with E-state index in [1.807, 2.05) is 0 Å². The molecule has 0 fully saturated rings. The molecule has 1 heterocycles. The zero-order chi connectivity index (χ0) is 24.5. The van der Waals surface area contributed by atoms with Crippen LogP contribution in [-0.2, 0) is 7.05 Å². The normalized spacial score (nSPS) is 12.4. The van der Waals surface area contributed by atoms with Crippen LogP contribution in [0.1, 0.15) is 186 Å². The van der Waals surface area contributed by atoms with Gasteiger partial charge in [-0.3, -0.25) is 0 Å². The highest BCUT2D eigenvalue weighted by Gasteiger charge is 2.20. The molecule has 0 bridgehead atoms. The first-order valence-corrected chi connectivity index (χ1v) is 15.8. The van der Waals surface area contributed by atoms with Gasteiger partial charge in [-0.2, -0.15) is 0 Å². The topological polar surface area (TPSA) is 19.7 Å². The Labute approximate surface area is 215 Å². The van der Waals surface area contributed by atoms with Gasteiger partial charge in [-0.15, -0.1) is 0 Å². The minimum atomic E-state index is 0.724. The van der Waals surface area contributed by atoms with Gasteiger partial charge in [0.1, 0.15) is 12.4 Å². The van der Waals surface area contributed by atoms with E-state index in [0.29, 0.717) is 0 Å². The van der Waals surface area contributed by atoms with Crippen molar-refractivity contribution in [1.29, 1.82) is 0 Å². The summed E-state index contributed by atoms with van der Waals surface area (Å²) in [6.07, 6.45) is 40.1. The first-order chi connectivity index (χ1) is 16.8. The van der Waals surface area contributed by atoms with Gasteiger partial charge in [0.15, 0.2) is 0 Å². The van der Waals surface area contributed by atoms with Gasteiger partial charge in [-0.1, -0.05) is 162 Å². The van der Waals surface area contributed by atoms with Crippen LogP contribution in [-0.4, -0.2) is 4.98 Å². The first-order valence-electron chi connectivity index (χ1n) is 15.8. The van der Waals surface area contributed by atoms with Crippen molar-refractivity contribution in [2.45, 2.75) is 180 Å². The van der Waals surface area contributed by atoms with Gasteiger partial charge in [0.25, 0.3) is 5.82 Å². The van der Waals surface area contributed by atoms with Gasteiger partial charge in [0, 0.05) is 0 Å². The van der Waals surface area contributed by atoms with Crippen molar-refractivity contribution >= 4 is 0 Å². The predicted molar refractivity (Wildman–Crippen MR) is 151 cm³/mol. The number of aryl methyl sites for hydroxylation is 1. The highest BCUT2D eigenvalue weighted by molar-refractivity contribution is 4.89. The summed E-state index contributed by atoms with van der Waals surface area (Å²) >= 11 is 0. The predicted octanol–water partition coefficient (Wildman–Crippen LogP) is 10.7. The summed E-state index contributed by atoms with van der Waals surface area (Å²) in [5, 5.41) is 0. The number of aromatic amines is 1. The Morgan fingerprint density at radius 2 is 0.853 bits per heavy atom. The minimum Gasteiger partial charge on any atom is -0.247 e. The van der Waals surface area contributed by atoms with Crippen molar-refractivity contribution in [1.82, 2.24) is 4.98 Å². The molecule has 0 spiro atoms. The minimum absolute atomic E-state index is 0.724. The van der Waals surface area contributed by atoms with Gasteiger partial charge in [0.2, 0.25) is 0 Å². The molecule has 0 aliphatic rings. The van der Waals surface area contributed by atoms with E-state index < -0.39 is 0 Å². The van der Waals surface area contributed by atoms with Crippen LogP contribution in [0.2, 0.25) is 0 Å². The van der Waals surface area contributed by atoms with Gasteiger partial charge < -0.3 is 0 Å². The second-order valence-electron chi connectivity index (χ2n) is 11.2. The fraction of sp³-hybridized carbons (Fsp3) is 0.906. The number of hydrogen-bond donors (Lipinski definition) is 1. The number of H-pyrrole nitrogens is 1. The lowest BCUT2D eigenvalue weighted by Crippen LogP contribution is -2.32. The van der Waals surface area contributed by atoms with Crippen molar-refractivity contribution in [3.63, 3.8) is 0 Å². The molecule has 200 valence electrons. The van der Waals surface area contributed by atoms with Crippen molar-refractivity contribution in [2.75, 3.05) is 0 Å². The molecule has 0 saturated carbocycles. The second kappa shape index (κ2) is 23.9. The monoisotopic (exact) mass is 475 g/mol. The number of aromatic nitrogens is 2. The molecule has 1 rings (SSSR count). The molecule has 0 aliphatic carbocycles. The van der Waals surface area contributed by atoms with Crippen LogP contribution in [0.15, 0.2) is 12.4 Å². The number of nitrogens with zero attached hydrogens (tertiary/aromatic N) is 1. The quantitative estimate of drug-likeness (QED) is 0.101. The molecule has 1 atom stereocenters. The highest BCUT2D eigenvalue weighted by Crippen LogP contribution is 2.26. The summed E-state index contributed by atoms with van der Waals surface area (Å²) in [5.41, 5.74) is 0. The zero-order valence-corrected chi connectivity index (χ0v) is 23.9. The standard InChI is InChI=1S/C32H62N2/c1-4-6-8-10-12-14-15-16-17-18-19-20-22-24-26-28-31(32-33-29-30-34(32)3)27-25-23-21-13-11-9-7-5-2/h29-31H,4-28H2,1-3H3/p+1/t31-/m0/s1. The van der Waals surface area contributed by atoms with Crippen molar-refractivity contribution in [2.24, 2.45) is 7.05 Å². The molecule has 0 aliphatic heterocycles. The Hall–Kier alpha value is -0.790. The van der Waals surface area contributed by atoms with E-state index in [1.54, 1.807) is 0 Å². The number of nitrogens with one attached hydrogen (secondary N) is 1. The third kappa shape index (κ3) is 17.6. The molecular formula is C32H63N2+. The summed E-state index contributed by atoms with van der Waals surface area (Å²) in [4.78, 5) is 3.55. The fourth-order valence-electron chi connectivity index (χ4n) is 5.53. The van der Waals surface area contributed by atoms with E-state index in [0.717, 1.165) is 5.92 Å². The lowest BCUT2D eigenvalue weighted by molar-refractivity contribution is -0.679. The first kappa shape index (κ1) is 31.2. The van der Waals surface area contributed by atoms with Gasteiger partial charge in [-0.25, -0.2) is 9.55 Å². The SMILES string of the molecule is CCCCCCCCCCCCCCCCC[C@H](CCCCCCCCCC)c1[nH]cc[n+]1C. The molecule has 0 aromatic carbocycles. The summed E-state index contributed by atoms with van der Waals surface area (Å²) in [5.74, 6) is 2.18. The maximum absolute atomic E-state index is 3.55. The maximum atomic E-state index is 3.55. The molecule has 1 aromatic rings. The molecular weight excluding hydrogens is 412 g/mol. The van der Waals surface area contributed by atoms with E-state index in [2.05, 4.69) is 42.8 Å². The number of hydrogen-bond acceptors (Lipinski definition) is 0. The van der Waals surface area contributed by atoms with E-state index in [4.69, 9.17) is 0 Å². The third-order valence-corrected chi connectivity index (χ3v) is 7.86. The molecule has 34 heavy (non-hydrogen) atoms. The van der Waals surface area contributed by atoms with Crippen LogP contribution >= 0.6 is 0 Å². The number of rotatable bonds is 26. The van der Waals surface area contributed by atoms with Crippen LogP contribution in [0.4, 0.5) is 0 Å². The number of unbranched alkanes of at least 4 members (excludes halogenated alkanes) is 21. The summed E-state index contributed by atoms with van der Waals surface area (Å²) < 4.78 is 2.32. The van der Waals surface area contributed by atoms with Crippen LogP contribution < -0.4 is 4.57 Å². The fourth-order valence-corrected chi connectivity index (χ4v) is 5.53. The van der Waals surface area contributed by atoms with Crippen LogP contribution in [0, 0.1) is 0 Å². The van der Waals surface area contributed by atoms with Gasteiger partial charge >= 0.3 is 0 Å². The number of imidazole rings is 1. The van der Waals surface area contributed by atoms with Crippen LogP contribution in [0.25, 0.3) is 0 Å². The Balaban J connectivity index is 2.02. The Bertz CT molecular complexity index is 521. The van der Waals surface area contributed by atoms with Crippen LogP contribution in [0.5, 0.6) is 0 Å². The molecule has 0 saturated heterocycles. The Kier molecular flexibility index (Phi) is 22.0. The van der Waals surface area contributed by atoms with Gasteiger partial charge in [0.05, 0.1) is 13.0 Å². The van der Waals surface area contributed by atoms with E-state index in [-0.39, 0.29) is 0 Å². The molecule has 0 radical (unpaired) electrons. The lowest BCUT2D eigenvalue weighted by atomic mass is 9.93. The summed E-state index contributed by atoms with van der Waals surface area (Å²) in [7, 11) is 2.21. The van der Waals surface area contributed by atoms with E-state index in [1.165, 1.54) is 166 Å². The van der Waals surface area contributed by atoms with Gasteiger partial charge in [-0.05, 0) is 12.8 Å². The van der Waals surface area contributed by atoms with E-state index in [9.17, 15) is 0 Å². The average Bonchev–Trinajstić information content (AvgIpc) is 3.27. The van der Waals surface area contributed by atoms with Crippen molar-refractivity contribution < 1.29 is 4.57 Å². The molecule has 1 N–H and O–H groups in total. The largest absolute Gasteiger partial charge is 0.257 e. The lowest BCUT2D eigenvalue weighted by Gasteiger charge is -2.13. The highest BCUT2D eigenvalue weighted by atomic mass is 15.0. The van der Waals surface area contributed by atoms with Crippen LogP contribution in [0.3, 0.4) is 0 Å². The molecule has 2 nitrogen and oxygen atoms in total. The smallest absolute Gasteiger partial charge is 0.247 e. The maximum Gasteiger partial charge on any atom is 0.257 e. The zero-order valence-electron chi connectivity index (χ0n) is 23.9. The summed E-state index contributed by atoms with van der Waals surface area (Å²) in [6.45, 7) is 4.61. The molecule has 2 heteroatoms. The van der Waals surface area contributed by atoms with Crippen molar-refractivity contribution in [3.05, 3.63) is 18.2 Å². The summed E-state index contributed by atoms with van der Waals surface area (Å²) in [6, 6.07) is 0. The second-order valence-corrected chi connectivity index (χ2v) is 11.2. The molecule has 1 aromatic heterocycles. The third-order valence-electron chi connectivity index (χ3n) is 7.86. The average molecular weight is 476 g/mol. The Morgan fingerprint density at radius 1 is 0.529 bits per heavy atom. The van der Waals surface area contributed by atoms with E-state index >= 15 is 0 Å². The molecule has 0 unspecified atom stereocenters. The Morgan fingerprint density at radius 3 is 1.15 bits per heavy atom. The van der Waals surface area contributed by atoms with Crippen molar-refractivity contribution in [3.8, 4) is 0 Å².